The van der Waals surface area contributed by atoms with E-state index in [2.05, 4.69) is 20.2 Å². The van der Waals surface area contributed by atoms with Crippen molar-refractivity contribution in [3.05, 3.63) is 36.0 Å². The van der Waals surface area contributed by atoms with Gasteiger partial charge in [-0.2, -0.15) is 13.2 Å². The Hall–Kier alpha value is -2.69. The number of pyridine rings is 2. The van der Waals surface area contributed by atoms with Crippen LogP contribution in [0.1, 0.15) is 12.0 Å². The molecule has 30 heavy (non-hydrogen) atoms. The highest BCUT2D eigenvalue weighted by Crippen LogP contribution is 2.38. The predicted octanol–water partition coefficient (Wildman–Crippen LogP) is 3.67. The third-order valence-electron chi connectivity index (χ3n) is 5.55. The summed E-state index contributed by atoms with van der Waals surface area (Å²) in [5, 5.41) is 2.89. The maximum Gasteiger partial charge on any atom is 0.417 e. The van der Waals surface area contributed by atoms with Gasteiger partial charge >= 0.3 is 6.18 Å². The van der Waals surface area contributed by atoms with Crippen LogP contribution in [0.25, 0.3) is 0 Å². The van der Waals surface area contributed by atoms with Crippen molar-refractivity contribution in [2.45, 2.75) is 30.7 Å². The Morgan fingerprint density at radius 3 is 2.50 bits per heavy atom. The number of nitrogens with zero attached hydrogens (tertiary/aromatic N) is 4. The molecule has 5 heterocycles. The molecule has 3 saturated heterocycles. The molecule has 1 N–H and O–H groups in total. The molecule has 11 heteroatoms. The molecular formula is C19H18F5N5O. The number of aromatic nitrogens is 2. The zero-order valence-electron chi connectivity index (χ0n) is 15.7. The summed E-state index contributed by atoms with van der Waals surface area (Å²) in [4.78, 5) is 12.0. The van der Waals surface area contributed by atoms with Crippen molar-refractivity contribution < 1.29 is 26.7 Å². The second-order valence-corrected chi connectivity index (χ2v) is 7.83. The van der Waals surface area contributed by atoms with Gasteiger partial charge in [0.15, 0.2) is 0 Å². The van der Waals surface area contributed by atoms with E-state index in [1.165, 1.54) is 6.07 Å². The Kier molecular flexibility index (Phi) is 4.28. The third kappa shape index (κ3) is 3.62. The van der Waals surface area contributed by atoms with E-state index in [-0.39, 0.29) is 31.1 Å². The van der Waals surface area contributed by atoms with E-state index in [0.29, 0.717) is 30.5 Å². The fourth-order valence-corrected chi connectivity index (χ4v) is 4.04. The third-order valence-corrected chi connectivity index (χ3v) is 5.55. The van der Waals surface area contributed by atoms with Gasteiger partial charge in [0.1, 0.15) is 17.5 Å². The maximum absolute atomic E-state index is 13.4. The Bertz CT molecular complexity index is 943. The van der Waals surface area contributed by atoms with Gasteiger partial charge in [0.2, 0.25) is 0 Å². The molecule has 0 radical (unpaired) electrons. The molecule has 6 nitrogen and oxygen atoms in total. The van der Waals surface area contributed by atoms with Crippen LogP contribution in [0.3, 0.4) is 0 Å². The summed E-state index contributed by atoms with van der Waals surface area (Å²) >= 11 is 0. The standard InChI is InChI=1S/C19H18F5N5O/c20-18(21)9-28(10-18)12-4-16(26-15-2-1-11(6-25-15)19(22,23)24)27-17(5-12)29-7-14-3-13(29)8-30-14/h1-2,4-6,13-14H,3,7-10H2,(H,25,26,27). The maximum atomic E-state index is 13.4. The fourth-order valence-electron chi connectivity index (χ4n) is 4.04. The highest BCUT2D eigenvalue weighted by Gasteiger charge is 2.45. The van der Waals surface area contributed by atoms with Crippen LogP contribution in [-0.4, -0.2) is 54.3 Å². The van der Waals surface area contributed by atoms with E-state index in [1.807, 2.05) is 0 Å². The summed E-state index contributed by atoms with van der Waals surface area (Å²) in [5.74, 6) is -1.60. The first-order valence-electron chi connectivity index (χ1n) is 9.50. The summed E-state index contributed by atoms with van der Waals surface area (Å²) in [6, 6.07) is 5.67. The predicted molar refractivity (Wildman–Crippen MR) is 99.4 cm³/mol. The van der Waals surface area contributed by atoms with Crippen molar-refractivity contribution in [2.24, 2.45) is 0 Å². The number of hydrogen-bond acceptors (Lipinski definition) is 6. The monoisotopic (exact) mass is 427 g/mol. The lowest BCUT2D eigenvalue weighted by molar-refractivity contribution is -0.137. The number of fused-ring (bicyclic) bond motifs is 2. The molecule has 3 aliphatic rings. The van der Waals surface area contributed by atoms with Crippen molar-refractivity contribution in [2.75, 3.05) is 41.4 Å². The van der Waals surface area contributed by atoms with Gasteiger partial charge in [-0.1, -0.05) is 0 Å². The van der Waals surface area contributed by atoms with Crippen LogP contribution >= 0.6 is 0 Å². The van der Waals surface area contributed by atoms with E-state index in [0.717, 1.165) is 18.7 Å². The minimum absolute atomic E-state index is 0.127. The van der Waals surface area contributed by atoms with Gasteiger partial charge in [-0.05, 0) is 18.6 Å². The summed E-state index contributed by atoms with van der Waals surface area (Å²) < 4.78 is 70.6. The molecule has 2 atom stereocenters. The molecule has 0 aliphatic carbocycles. The van der Waals surface area contributed by atoms with Crippen LogP contribution in [0.2, 0.25) is 0 Å². The largest absolute Gasteiger partial charge is 0.417 e. The molecule has 2 aromatic heterocycles. The summed E-state index contributed by atoms with van der Waals surface area (Å²) in [7, 11) is 0. The van der Waals surface area contributed by atoms with Gasteiger partial charge in [-0.15, -0.1) is 0 Å². The first-order valence-corrected chi connectivity index (χ1v) is 9.50. The Morgan fingerprint density at radius 2 is 1.93 bits per heavy atom. The molecule has 3 fully saturated rings. The van der Waals surface area contributed by atoms with Crippen molar-refractivity contribution in [1.82, 2.24) is 9.97 Å². The van der Waals surface area contributed by atoms with E-state index in [9.17, 15) is 22.0 Å². The minimum atomic E-state index is -4.48. The zero-order valence-corrected chi connectivity index (χ0v) is 15.7. The van der Waals surface area contributed by atoms with Gasteiger partial charge in [-0.3, -0.25) is 0 Å². The zero-order chi connectivity index (χ0) is 21.1. The molecule has 0 spiro atoms. The number of hydrogen-bond donors (Lipinski definition) is 1. The van der Waals surface area contributed by atoms with Crippen LogP contribution < -0.4 is 15.1 Å². The van der Waals surface area contributed by atoms with Crippen molar-refractivity contribution in [1.29, 1.82) is 0 Å². The lowest BCUT2D eigenvalue weighted by atomic mass is 10.1. The average Bonchev–Trinajstić information content (AvgIpc) is 3.29. The van der Waals surface area contributed by atoms with E-state index in [4.69, 9.17) is 4.74 Å². The lowest BCUT2D eigenvalue weighted by Crippen LogP contribution is -2.56. The second kappa shape index (κ2) is 6.66. The number of morpholine rings is 1. The van der Waals surface area contributed by atoms with Gasteiger partial charge in [0.25, 0.3) is 5.92 Å². The summed E-state index contributed by atoms with van der Waals surface area (Å²) in [5.41, 5.74) is -0.282. The molecule has 2 unspecified atom stereocenters. The molecule has 0 saturated carbocycles. The minimum Gasteiger partial charge on any atom is -0.374 e. The molecule has 0 amide bonds. The molecule has 5 rings (SSSR count). The van der Waals surface area contributed by atoms with Crippen LogP contribution in [0.5, 0.6) is 0 Å². The van der Waals surface area contributed by atoms with Gasteiger partial charge in [0, 0.05) is 30.6 Å². The first-order chi connectivity index (χ1) is 14.2. The van der Waals surface area contributed by atoms with E-state index >= 15 is 0 Å². The molecule has 3 aliphatic heterocycles. The number of nitrogens with one attached hydrogen (secondary N) is 1. The van der Waals surface area contributed by atoms with Gasteiger partial charge in [0.05, 0.1) is 37.4 Å². The highest BCUT2D eigenvalue weighted by molar-refractivity contribution is 5.67. The first kappa shape index (κ1) is 19.3. The normalized spacial score (nSPS) is 24.8. The Labute approximate surface area is 168 Å². The van der Waals surface area contributed by atoms with Crippen LogP contribution in [-0.2, 0) is 10.9 Å². The smallest absolute Gasteiger partial charge is 0.374 e. The number of anilines is 4. The van der Waals surface area contributed by atoms with Crippen LogP contribution in [0.4, 0.5) is 45.1 Å². The SMILES string of the molecule is FC1(F)CN(c2cc(Nc3ccc(C(F)(F)F)cn3)nc(N3CC4CC3CO4)c2)C1. The van der Waals surface area contributed by atoms with Gasteiger partial charge < -0.3 is 19.9 Å². The number of halogens is 5. The second-order valence-electron chi connectivity index (χ2n) is 7.83. The van der Waals surface area contributed by atoms with Crippen LogP contribution in [0, 0.1) is 0 Å². The number of ether oxygens (including phenoxy) is 1. The van der Waals surface area contributed by atoms with Gasteiger partial charge in [-0.25, -0.2) is 18.7 Å². The molecular weight excluding hydrogens is 409 g/mol. The van der Waals surface area contributed by atoms with Crippen molar-refractivity contribution >= 4 is 23.1 Å². The Morgan fingerprint density at radius 1 is 1.13 bits per heavy atom. The van der Waals surface area contributed by atoms with Crippen LogP contribution in [0.15, 0.2) is 30.5 Å². The fraction of sp³-hybridized carbons (Fsp3) is 0.474. The molecule has 2 bridgehead atoms. The number of rotatable bonds is 4. The lowest BCUT2D eigenvalue weighted by Gasteiger charge is -2.41. The topological polar surface area (TPSA) is 53.5 Å². The molecule has 0 aromatic carbocycles. The van der Waals surface area contributed by atoms with E-state index < -0.39 is 17.7 Å². The quantitative estimate of drug-likeness (QED) is 0.752. The molecule has 2 aromatic rings. The summed E-state index contributed by atoms with van der Waals surface area (Å²) in [6.45, 7) is 0.476. The highest BCUT2D eigenvalue weighted by atomic mass is 19.4. The number of alkyl halides is 5. The average molecular weight is 427 g/mol. The Balaban J connectivity index is 1.42. The molecule has 160 valence electrons. The van der Waals surface area contributed by atoms with Crippen molar-refractivity contribution in [3.63, 3.8) is 0 Å². The van der Waals surface area contributed by atoms with Crippen molar-refractivity contribution in [3.8, 4) is 0 Å². The van der Waals surface area contributed by atoms with E-state index in [1.54, 1.807) is 17.0 Å². The summed E-state index contributed by atoms with van der Waals surface area (Å²) in [6.07, 6.45) is -2.73.